The molecule has 2 N–H and O–H groups in total. The molecule has 0 unspecified atom stereocenters. The van der Waals surface area contributed by atoms with Crippen LogP contribution < -0.4 is 0 Å². The second kappa shape index (κ2) is 26.4. The molecule has 0 spiro atoms. The maximum Gasteiger partial charge on any atom is 0.305 e. The lowest BCUT2D eigenvalue weighted by atomic mass is 10.0. The second-order valence-electron chi connectivity index (χ2n) is 8.84. The third-order valence-corrected chi connectivity index (χ3v) is 5.85. The number of ether oxygens (including phenoxy) is 1. The van der Waals surface area contributed by atoms with Crippen LogP contribution in [0.4, 0.5) is 0 Å². The highest BCUT2D eigenvalue weighted by Crippen LogP contribution is 2.14. The van der Waals surface area contributed by atoms with E-state index in [0.717, 1.165) is 44.9 Å². The van der Waals surface area contributed by atoms with E-state index in [-0.39, 0.29) is 5.97 Å². The van der Waals surface area contributed by atoms with Crippen LogP contribution in [0.2, 0.25) is 0 Å². The number of hydrogen-bond acceptors (Lipinski definition) is 4. The lowest BCUT2D eigenvalue weighted by Crippen LogP contribution is -2.05. The summed E-state index contributed by atoms with van der Waals surface area (Å²) in [5.74, 6) is -0.0244. The van der Waals surface area contributed by atoms with E-state index in [1.165, 1.54) is 89.9 Å². The molecule has 0 aromatic heterocycles. The average Bonchev–Trinajstić information content (AvgIpc) is 2.75. The molecule has 4 heteroatoms. The van der Waals surface area contributed by atoms with Crippen molar-refractivity contribution in [1.82, 2.24) is 0 Å². The summed E-state index contributed by atoms with van der Waals surface area (Å²) in [7, 11) is 0. The Morgan fingerprint density at radius 2 is 0.733 bits per heavy atom. The number of unbranched alkanes of at least 4 members (excludes halogenated alkanes) is 19. The van der Waals surface area contributed by atoms with E-state index in [9.17, 15) is 4.79 Å². The molecule has 0 heterocycles. The Bertz CT molecular complexity index is 333. The lowest BCUT2D eigenvalue weighted by Gasteiger charge is -2.05. The van der Waals surface area contributed by atoms with Gasteiger partial charge in [0.1, 0.15) is 0 Å². The highest BCUT2D eigenvalue weighted by molar-refractivity contribution is 5.69. The van der Waals surface area contributed by atoms with Gasteiger partial charge >= 0.3 is 5.97 Å². The van der Waals surface area contributed by atoms with Gasteiger partial charge in [-0.25, -0.2) is 0 Å². The van der Waals surface area contributed by atoms with Gasteiger partial charge in [-0.3, -0.25) is 4.79 Å². The van der Waals surface area contributed by atoms with Crippen LogP contribution in [0.3, 0.4) is 0 Å². The Hall–Kier alpha value is -0.610. The minimum atomic E-state index is -0.0244. The van der Waals surface area contributed by atoms with Crippen molar-refractivity contribution < 1.29 is 19.7 Å². The first kappa shape index (κ1) is 29.4. The molecule has 0 saturated heterocycles. The zero-order valence-electron chi connectivity index (χ0n) is 19.9. The van der Waals surface area contributed by atoms with Gasteiger partial charge in [-0.1, -0.05) is 109 Å². The Labute approximate surface area is 187 Å². The molecule has 0 aliphatic rings. The topological polar surface area (TPSA) is 66.8 Å². The predicted molar refractivity (Wildman–Crippen MR) is 127 cm³/mol. The van der Waals surface area contributed by atoms with E-state index in [1.807, 2.05) is 0 Å². The van der Waals surface area contributed by atoms with Crippen LogP contribution >= 0.6 is 0 Å². The number of esters is 1. The molecule has 180 valence electrons. The van der Waals surface area contributed by atoms with Gasteiger partial charge < -0.3 is 14.9 Å². The average molecular weight is 429 g/mol. The molecule has 4 nitrogen and oxygen atoms in total. The van der Waals surface area contributed by atoms with Crippen LogP contribution in [0.15, 0.2) is 0 Å². The van der Waals surface area contributed by atoms with Gasteiger partial charge in [0.05, 0.1) is 6.61 Å². The van der Waals surface area contributed by atoms with Gasteiger partial charge in [-0.15, -0.1) is 0 Å². The van der Waals surface area contributed by atoms with Crippen molar-refractivity contribution in [3.8, 4) is 0 Å². The molecular weight excluding hydrogens is 376 g/mol. The van der Waals surface area contributed by atoms with Crippen molar-refractivity contribution >= 4 is 5.97 Å². The van der Waals surface area contributed by atoms with Crippen molar-refractivity contribution in [2.24, 2.45) is 0 Å². The molecule has 0 amide bonds. The fourth-order valence-electron chi connectivity index (χ4n) is 3.86. The van der Waals surface area contributed by atoms with Crippen molar-refractivity contribution in [2.75, 3.05) is 19.8 Å². The quantitative estimate of drug-likeness (QED) is 0.120. The monoisotopic (exact) mass is 428 g/mol. The number of aliphatic hydroxyl groups excluding tert-OH is 2. The third-order valence-electron chi connectivity index (χ3n) is 5.85. The van der Waals surface area contributed by atoms with Crippen molar-refractivity contribution in [1.29, 1.82) is 0 Å². The normalized spacial score (nSPS) is 11.1. The van der Waals surface area contributed by atoms with Crippen LogP contribution in [-0.2, 0) is 9.53 Å². The standard InChI is InChI=1S/C26H52O4/c27-23-19-15-11-9-7-5-3-1-2-4-6-8-10-14-18-22-26(29)30-25-21-17-13-12-16-20-24-28/h27-28H,1-25H2. The van der Waals surface area contributed by atoms with Gasteiger partial charge in [0, 0.05) is 19.6 Å². The minimum Gasteiger partial charge on any atom is -0.466 e. The molecule has 0 aromatic carbocycles. The zero-order chi connectivity index (χ0) is 22.0. The first-order valence-electron chi connectivity index (χ1n) is 13.2. The largest absolute Gasteiger partial charge is 0.466 e. The number of carbonyl (C=O) groups excluding carboxylic acids is 1. The van der Waals surface area contributed by atoms with Gasteiger partial charge in [0.15, 0.2) is 0 Å². The van der Waals surface area contributed by atoms with Gasteiger partial charge in [0.2, 0.25) is 0 Å². The Kier molecular flexibility index (Phi) is 25.9. The summed E-state index contributed by atoms with van der Waals surface area (Å²) in [6, 6.07) is 0. The molecule has 0 rings (SSSR count). The molecular formula is C26H52O4. The summed E-state index contributed by atoms with van der Waals surface area (Å²) >= 11 is 0. The van der Waals surface area contributed by atoms with Gasteiger partial charge in [-0.05, 0) is 25.7 Å². The summed E-state index contributed by atoms with van der Waals surface area (Å²) in [4.78, 5) is 11.7. The molecule has 0 atom stereocenters. The fourth-order valence-corrected chi connectivity index (χ4v) is 3.86. The van der Waals surface area contributed by atoms with Gasteiger partial charge in [-0.2, -0.15) is 0 Å². The highest BCUT2D eigenvalue weighted by atomic mass is 16.5. The first-order chi connectivity index (χ1) is 14.8. The molecule has 0 radical (unpaired) electrons. The van der Waals surface area contributed by atoms with Crippen molar-refractivity contribution in [2.45, 2.75) is 141 Å². The smallest absolute Gasteiger partial charge is 0.305 e. The second-order valence-corrected chi connectivity index (χ2v) is 8.84. The highest BCUT2D eigenvalue weighted by Gasteiger charge is 2.02. The number of carbonyl (C=O) groups is 1. The van der Waals surface area contributed by atoms with Crippen LogP contribution in [0.25, 0.3) is 0 Å². The van der Waals surface area contributed by atoms with Crippen molar-refractivity contribution in [3.63, 3.8) is 0 Å². The first-order valence-corrected chi connectivity index (χ1v) is 13.2. The van der Waals surface area contributed by atoms with E-state index >= 15 is 0 Å². The SMILES string of the molecule is O=C(CCCCCCCCCCCCCCCCCO)OCCCCCCCCO. The molecule has 0 aliphatic heterocycles. The number of rotatable bonds is 25. The maximum atomic E-state index is 11.7. The van der Waals surface area contributed by atoms with Crippen LogP contribution in [0.5, 0.6) is 0 Å². The predicted octanol–water partition coefficient (Wildman–Crippen LogP) is 7.10. The fraction of sp³-hybridized carbons (Fsp3) is 0.962. The maximum absolute atomic E-state index is 11.7. The molecule has 0 saturated carbocycles. The van der Waals surface area contributed by atoms with Crippen LogP contribution in [0, 0.1) is 0 Å². The molecule has 30 heavy (non-hydrogen) atoms. The zero-order valence-corrected chi connectivity index (χ0v) is 19.9. The molecule has 0 bridgehead atoms. The van der Waals surface area contributed by atoms with E-state index < -0.39 is 0 Å². The van der Waals surface area contributed by atoms with E-state index in [1.54, 1.807) is 0 Å². The van der Waals surface area contributed by atoms with Gasteiger partial charge in [0.25, 0.3) is 0 Å². The molecule has 0 fully saturated rings. The van der Waals surface area contributed by atoms with Crippen LogP contribution in [-0.4, -0.2) is 36.0 Å². The third kappa shape index (κ3) is 25.4. The summed E-state index contributed by atoms with van der Waals surface area (Å²) in [5.41, 5.74) is 0. The molecule has 0 aromatic rings. The van der Waals surface area contributed by atoms with E-state index in [2.05, 4.69) is 0 Å². The van der Waals surface area contributed by atoms with E-state index in [0.29, 0.717) is 26.2 Å². The Morgan fingerprint density at radius 3 is 1.10 bits per heavy atom. The lowest BCUT2D eigenvalue weighted by molar-refractivity contribution is -0.143. The van der Waals surface area contributed by atoms with E-state index in [4.69, 9.17) is 14.9 Å². The minimum absolute atomic E-state index is 0.0244. The van der Waals surface area contributed by atoms with Crippen LogP contribution in [0.1, 0.15) is 141 Å². The summed E-state index contributed by atoms with van der Waals surface area (Å²) in [6.07, 6.45) is 26.0. The molecule has 0 aliphatic carbocycles. The summed E-state index contributed by atoms with van der Waals surface area (Å²) < 4.78 is 5.31. The summed E-state index contributed by atoms with van der Waals surface area (Å²) in [6.45, 7) is 1.22. The number of aliphatic hydroxyl groups is 2. The Morgan fingerprint density at radius 1 is 0.433 bits per heavy atom. The van der Waals surface area contributed by atoms with Crippen molar-refractivity contribution in [3.05, 3.63) is 0 Å². The Balaban J connectivity index is 3.12. The number of hydrogen-bond donors (Lipinski definition) is 2. The summed E-state index contributed by atoms with van der Waals surface area (Å²) in [5, 5.41) is 17.5.